The van der Waals surface area contributed by atoms with Gasteiger partial charge < -0.3 is 4.90 Å². The lowest BCUT2D eigenvalue weighted by molar-refractivity contribution is 0.333. The molecule has 0 atom stereocenters. The smallest absolute Gasteiger partial charge is 0.0714 e. The van der Waals surface area contributed by atoms with Gasteiger partial charge in [0.15, 0.2) is 0 Å². The summed E-state index contributed by atoms with van der Waals surface area (Å²) in [4.78, 5) is 2.54. The van der Waals surface area contributed by atoms with E-state index in [0.29, 0.717) is 0 Å². The van der Waals surface area contributed by atoms with Crippen LogP contribution in [0.4, 0.5) is 17.1 Å². The maximum atomic E-state index is 2.58. The third-order valence-corrected chi connectivity index (χ3v) is 15.6. The molecule has 0 unspecified atom stereocenters. The van der Waals surface area contributed by atoms with Crippen molar-refractivity contribution >= 4 is 17.1 Å². The van der Waals surface area contributed by atoms with E-state index >= 15 is 0 Å². The fourth-order valence-electron chi connectivity index (χ4n) is 12.1. The second kappa shape index (κ2) is 17.2. The van der Waals surface area contributed by atoms with Crippen LogP contribution in [0.5, 0.6) is 0 Å². The van der Waals surface area contributed by atoms with Crippen LogP contribution in [0.15, 0.2) is 249 Å². The molecule has 0 heterocycles. The molecule has 10 aromatic carbocycles. The fraction of sp³-hybridized carbons (Fsp3) is 0.130. The summed E-state index contributed by atoms with van der Waals surface area (Å²) in [7, 11) is 0. The number of nitrogens with zero attached hydrogens (tertiary/aromatic N) is 1. The summed E-state index contributed by atoms with van der Waals surface area (Å²) in [5.41, 5.74) is 23.1. The standard InChI is InChI=1S/C69H57N/c1-67(2)44-45-68(3,4)66-59(33-21-35-63(66)67)61-46-60-58-32-19-20-34-62(58)69(52-26-13-7-14-27-52,53-28-15-8-16-29-53)64(60)47-65(61)70(54-40-36-49(37-41-54)48-22-9-5-10-23-48)55-42-38-51(39-43-55)57-31-18-17-30-56(57)50-24-11-6-12-25-50/h5-43,46-47H,44-45H2,1-4H3. The number of fused-ring (bicyclic) bond motifs is 4. The minimum absolute atomic E-state index is 0.0383. The highest BCUT2D eigenvalue weighted by Gasteiger charge is 2.47. The normalized spacial score (nSPS) is 14.8. The zero-order valence-corrected chi connectivity index (χ0v) is 40.5. The first-order chi connectivity index (χ1) is 34.2. The summed E-state index contributed by atoms with van der Waals surface area (Å²) in [6, 6.07) is 92.7. The van der Waals surface area contributed by atoms with E-state index in [9.17, 15) is 0 Å². The summed E-state index contributed by atoms with van der Waals surface area (Å²) in [6.07, 6.45) is 2.27. The highest BCUT2D eigenvalue weighted by molar-refractivity contribution is 5.98. The minimum atomic E-state index is -0.576. The van der Waals surface area contributed by atoms with Gasteiger partial charge in [-0.25, -0.2) is 0 Å². The minimum Gasteiger partial charge on any atom is -0.310 e. The highest BCUT2D eigenvalue weighted by Crippen LogP contribution is 2.60. The molecule has 0 amide bonds. The molecule has 338 valence electrons. The van der Waals surface area contributed by atoms with Gasteiger partial charge in [-0.3, -0.25) is 0 Å². The summed E-state index contributed by atoms with van der Waals surface area (Å²) in [5, 5.41) is 0. The van der Waals surface area contributed by atoms with E-state index in [1.807, 2.05) is 0 Å². The van der Waals surface area contributed by atoms with Crippen molar-refractivity contribution < 1.29 is 0 Å². The van der Waals surface area contributed by atoms with E-state index in [2.05, 4.69) is 281 Å². The molecule has 2 aliphatic rings. The van der Waals surface area contributed by atoms with Gasteiger partial charge in [0.2, 0.25) is 0 Å². The van der Waals surface area contributed by atoms with Gasteiger partial charge in [-0.1, -0.05) is 240 Å². The Hall–Kier alpha value is -8.00. The summed E-state index contributed by atoms with van der Waals surface area (Å²) in [6.45, 7) is 9.82. The third kappa shape index (κ3) is 7.14. The van der Waals surface area contributed by atoms with Crippen molar-refractivity contribution in [3.05, 3.63) is 282 Å². The van der Waals surface area contributed by atoms with Crippen molar-refractivity contribution in [3.63, 3.8) is 0 Å². The molecule has 1 heteroatoms. The van der Waals surface area contributed by atoms with Crippen molar-refractivity contribution in [3.8, 4) is 55.6 Å². The largest absolute Gasteiger partial charge is 0.310 e. The predicted octanol–water partition coefficient (Wildman–Crippen LogP) is 18.5. The zero-order valence-electron chi connectivity index (χ0n) is 40.5. The third-order valence-electron chi connectivity index (χ3n) is 15.6. The maximum absolute atomic E-state index is 2.58. The van der Waals surface area contributed by atoms with Crippen molar-refractivity contribution in [1.29, 1.82) is 0 Å². The average Bonchev–Trinajstić information content (AvgIpc) is 3.71. The molecular formula is C69H57N. The Morgan fingerprint density at radius 2 is 0.729 bits per heavy atom. The van der Waals surface area contributed by atoms with Crippen LogP contribution >= 0.6 is 0 Å². The van der Waals surface area contributed by atoms with E-state index in [1.54, 1.807) is 0 Å². The second-order valence-electron chi connectivity index (χ2n) is 20.6. The van der Waals surface area contributed by atoms with Gasteiger partial charge in [-0.05, 0) is 144 Å². The molecule has 1 nitrogen and oxygen atoms in total. The van der Waals surface area contributed by atoms with Crippen molar-refractivity contribution in [2.24, 2.45) is 0 Å². The Labute approximate surface area is 414 Å². The van der Waals surface area contributed by atoms with Crippen molar-refractivity contribution in [2.45, 2.75) is 56.8 Å². The zero-order chi connectivity index (χ0) is 47.5. The predicted molar refractivity (Wildman–Crippen MR) is 295 cm³/mol. The second-order valence-corrected chi connectivity index (χ2v) is 20.6. The molecule has 0 aromatic heterocycles. The molecule has 0 saturated heterocycles. The van der Waals surface area contributed by atoms with Crippen LogP contribution in [-0.4, -0.2) is 0 Å². The molecule has 0 N–H and O–H groups in total. The Bertz CT molecular complexity index is 3460. The highest BCUT2D eigenvalue weighted by atomic mass is 15.1. The molecule has 70 heavy (non-hydrogen) atoms. The van der Waals surface area contributed by atoms with E-state index in [0.717, 1.165) is 29.9 Å². The topological polar surface area (TPSA) is 3.24 Å². The van der Waals surface area contributed by atoms with Gasteiger partial charge in [0.05, 0.1) is 11.1 Å². The number of hydrogen-bond donors (Lipinski definition) is 0. The molecule has 0 spiro atoms. The first kappa shape index (κ1) is 43.3. The summed E-state index contributed by atoms with van der Waals surface area (Å²) < 4.78 is 0. The number of benzene rings is 10. The van der Waals surface area contributed by atoms with Crippen molar-refractivity contribution in [2.75, 3.05) is 4.90 Å². The van der Waals surface area contributed by atoms with Crippen LogP contribution in [0, 0.1) is 0 Å². The summed E-state index contributed by atoms with van der Waals surface area (Å²) >= 11 is 0. The van der Waals surface area contributed by atoms with Crippen LogP contribution in [0.1, 0.15) is 73.9 Å². The first-order valence-corrected chi connectivity index (χ1v) is 25.0. The monoisotopic (exact) mass is 899 g/mol. The number of hydrogen-bond acceptors (Lipinski definition) is 1. The molecule has 2 aliphatic carbocycles. The maximum Gasteiger partial charge on any atom is 0.0714 e. The Morgan fingerprint density at radius 3 is 1.31 bits per heavy atom. The van der Waals surface area contributed by atoms with E-state index < -0.39 is 5.41 Å². The van der Waals surface area contributed by atoms with Gasteiger partial charge in [-0.15, -0.1) is 0 Å². The van der Waals surface area contributed by atoms with Crippen LogP contribution in [-0.2, 0) is 16.2 Å². The van der Waals surface area contributed by atoms with Gasteiger partial charge in [0, 0.05) is 16.9 Å². The van der Waals surface area contributed by atoms with Crippen LogP contribution in [0.2, 0.25) is 0 Å². The molecular weight excluding hydrogens is 843 g/mol. The SMILES string of the molecule is CC1(C)CCC(C)(C)c2c(-c3cc4c(cc3N(c3ccc(-c5ccccc5)cc3)c3ccc(-c5ccccc5-c5ccccc5)cc3)C(c3ccccc3)(c3ccccc3)c3ccccc3-4)cccc21. The number of rotatable bonds is 9. The van der Waals surface area contributed by atoms with Gasteiger partial charge >= 0.3 is 0 Å². The summed E-state index contributed by atoms with van der Waals surface area (Å²) in [5.74, 6) is 0. The molecule has 0 fully saturated rings. The van der Waals surface area contributed by atoms with Gasteiger partial charge in [0.1, 0.15) is 0 Å². The van der Waals surface area contributed by atoms with Crippen LogP contribution in [0.3, 0.4) is 0 Å². The van der Waals surface area contributed by atoms with Gasteiger partial charge in [-0.2, -0.15) is 0 Å². The lowest BCUT2D eigenvalue weighted by Gasteiger charge is -2.43. The lowest BCUT2D eigenvalue weighted by Crippen LogP contribution is -2.34. The molecule has 10 aromatic rings. The first-order valence-electron chi connectivity index (χ1n) is 25.0. The molecule has 0 saturated carbocycles. The van der Waals surface area contributed by atoms with Crippen molar-refractivity contribution in [1.82, 2.24) is 0 Å². The molecule has 12 rings (SSSR count). The number of anilines is 3. The quantitative estimate of drug-likeness (QED) is 0.140. The Balaban J connectivity index is 1.17. The molecule has 0 radical (unpaired) electrons. The molecule has 0 bridgehead atoms. The Kier molecular flexibility index (Phi) is 10.6. The Morgan fingerprint density at radius 1 is 0.300 bits per heavy atom. The average molecular weight is 900 g/mol. The molecule has 0 aliphatic heterocycles. The van der Waals surface area contributed by atoms with E-state index in [-0.39, 0.29) is 10.8 Å². The van der Waals surface area contributed by atoms with Gasteiger partial charge in [0.25, 0.3) is 0 Å². The van der Waals surface area contributed by atoms with E-state index in [4.69, 9.17) is 0 Å². The van der Waals surface area contributed by atoms with E-state index in [1.165, 1.54) is 89.0 Å². The van der Waals surface area contributed by atoms with Crippen LogP contribution < -0.4 is 4.90 Å². The fourth-order valence-corrected chi connectivity index (χ4v) is 12.1. The van der Waals surface area contributed by atoms with Crippen LogP contribution in [0.25, 0.3) is 55.6 Å². The lowest BCUT2D eigenvalue weighted by atomic mass is 9.61.